The molecule has 1 aromatic heterocycles. The molecule has 2 aromatic rings. The molecule has 0 aliphatic carbocycles. The summed E-state index contributed by atoms with van der Waals surface area (Å²) in [6.07, 6.45) is 1.15. The van der Waals surface area contributed by atoms with Gasteiger partial charge < -0.3 is 5.32 Å². The number of rotatable bonds is 5. The number of aromatic nitrogens is 1. The van der Waals surface area contributed by atoms with Crippen LogP contribution in [0.2, 0.25) is 0 Å². The molecule has 2 rings (SSSR count). The highest BCUT2D eigenvalue weighted by Gasteiger charge is 2.10. The fourth-order valence-electron chi connectivity index (χ4n) is 1.86. The van der Waals surface area contributed by atoms with Crippen molar-refractivity contribution in [2.45, 2.75) is 33.2 Å². The van der Waals surface area contributed by atoms with E-state index in [4.69, 9.17) is 4.98 Å². The molecular formula is C15H19BrN2S. The van der Waals surface area contributed by atoms with Gasteiger partial charge in [0, 0.05) is 21.5 Å². The van der Waals surface area contributed by atoms with Crippen molar-refractivity contribution in [2.24, 2.45) is 0 Å². The van der Waals surface area contributed by atoms with Crippen molar-refractivity contribution in [1.29, 1.82) is 0 Å². The number of thiazole rings is 1. The van der Waals surface area contributed by atoms with Gasteiger partial charge >= 0.3 is 0 Å². The molecule has 1 atom stereocenters. The van der Waals surface area contributed by atoms with E-state index in [0.29, 0.717) is 6.04 Å². The van der Waals surface area contributed by atoms with Gasteiger partial charge in [0.2, 0.25) is 0 Å². The SMILES string of the molecule is CCCNC(C)c1csc(-c2ccc(Br)c(C)c2)n1. The van der Waals surface area contributed by atoms with Crippen molar-refractivity contribution in [2.75, 3.05) is 6.54 Å². The Morgan fingerprint density at radius 3 is 2.89 bits per heavy atom. The molecule has 2 nitrogen and oxygen atoms in total. The van der Waals surface area contributed by atoms with Gasteiger partial charge in [0.15, 0.2) is 0 Å². The first-order valence-corrected chi connectivity index (χ1v) is 8.24. The highest BCUT2D eigenvalue weighted by Crippen LogP contribution is 2.29. The first-order chi connectivity index (χ1) is 9.11. The molecule has 0 amide bonds. The number of nitrogens with zero attached hydrogens (tertiary/aromatic N) is 1. The van der Waals surface area contributed by atoms with Crippen LogP contribution in [0.15, 0.2) is 28.1 Å². The van der Waals surface area contributed by atoms with E-state index in [1.165, 1.54) is 11.1 Å². The fraction of sp³-hybridized carbons (Fsp3) is 0.400. The molecule has 0 aliphatic rings. The van der Waals surface area contributed by atoms with Crippen LogP contribution in [-0.2, 0) is 0 Å². The summed E-state index contributed by atoms with van der Waals surface area (Å²) in [5.41, 5.74) is 3.57. The number of hydrogen-bond donors (Lipinski definition) is 1. The van der Waals surface area contributed by atoms with E-state index < -0.39 is 0 Å². The third-order valence-corrected chi connectivity index (χ3v) is 4.87. The van der Waals surface area contributed by atoms with Crippen LogP contribution in [0.4, 0.5) is 0 Å². The largest absolute Gasteiger partial charge is 0.309 e. The van der Waals surface area contributed by atoms with Crippen LogP contribution in [0.1, 0.15) is 37.6 Å². The van der Waals surface area contributed by atoms with Crippen molar-refractivity contribution >= 4 is 27.3 Å². The summed E-state index contributed by atoms with van der Waals surface area (Å²) in [6.45, 7) is 7.48. The van der Waals surface area contributed by atoms with Crippen molar-refractivity contribution in [1.82, 2.24) is 10.3 Å². The van der Waals surface area contributed by atoms with Gasteiger partial charge in [-0.05, 0) is 44.5 Å². The maximum absolute atomic E-state index is 4.74. The van der Waals surface area contributed by atoms with Crippen LogP contribution in [0, 0.1) is 6.92 Å². The Morgan fingerprint density at radius 1 is 1.42 bits per heavy atom. The smallest absolute Gasteiger partial charge is 0.123 e. The van der Waals surface area contributed by atoms with Crippen LogP contribution >= 0.6 is 27.3 Å². The minimum Gasteiger partial charge on any atom is -0.309 e. The zero-order chi connectivity index (χ0) is 13.8. The first-order valence-electron chi connectivity index (χ1n) is 6.57. The van der Waals surface area contributed by atoms with Gasteiger partial charge in [0.1, 0.15) is 5.01 Å². The van der Waals surface area contributed by atoms with Gasteiger partial charge in [-0.25, -0.2) is 4.98 Å². The molecule has 102 valence electrons. The molecule has 1 N–H and O–H groups in total. The Hall–Kier alpha value is -0.710. The topological polar surface area (TPSA) is 24.9 Å². The lowest BCUT2D eigenvalue weighted by molar-refractivity contribution is 0.561. The lowest BCUT2D eigenvalue weighted by Crippen LogP contribution is -2.19. The van der Waals surface area contributed by atoms with E-state index in [1.807, 2.05) is 0 Å². The van der Waals surface area contributed by atoms with Crippen molar-refractivity contribution in [3.63, 3.8) is 0 Å². The van der Waals surface area contributed by atoms with Crippen molar-refractivity contribution < 1.29 is 0 Å². The molecule has 0 fully saturated rings. The minimum absolute atomic E-state index is 0.321. The molecule has 4 heteroatoms. The summed E-state index contributed by atoms with van der Waals surface area (Å²) in [5.74, 6) is 0. The monoisotopic (exact) mass is 338 g/mol. The molecule has 1 heterocycles. The maximum Gasteiger partial charge on any atom is 0.123 e. The van der Waals surface area contributed by atoms with E-state index >= 15 is 0 Å². The number of benzene rings is 1. The average Bonchev–Trinajstić information content (AvgIpc) is 2.89. The molecular weight excluding hydrogens is 320 g/mol. The Bertz CT molecular complexity index is 551. The standard InChI is InChI=1S/C15H19BrN2S/c1-4-7-17-11(3)14-9-19-15(18-14)12-5-6-13(16)10(2)8-12/h5-6,8-9,11,17H,4,7H2,1-3H3. The van der Waals surface area contributed by atoms with Gasteiger partial charge in [0.25, 0.3) is 0 Å². The predicted molar refractivity (Wildman–Crippen MR) is 86.7 cm³/mol. The second kappa shape index (κ2) is 6.64. The predicted octanol–water partition coefficient (Wildman–Crippen LogP) is 4.94. The minimum atomic E-state index is 0.321. The molecule has 19 heavy (non-hydrogen) atoms. The fourth-order valence-corrected chi connectivity index (χ4v) is 3.02. The lowest BCUT2D eigenvalue weighted by atomic mass is 10.1. The zero-order valence-corrected chi connectivity index (χ0v) is 13.9. The summed E-state index contributed by atoms with van der Waals surface area (Å²) < 4.78 is 1.14. The van der Waals surface area contributed by atoms with Crippen LogP contribution in [0.25, 0.3) is 10.6 Å². The summed E-state index contributed by atoms with van der Waals surface area (Å²) >= 11 is 5.24. The summed E-state index contributed by atoms with van der Waals surface area (Å²) in [4.78, 5) is 4.74. The lowest BCUT2D eigenvalue weighted by Gasteiger charge is -2.09. The molecule has 0 saturated carbocycles. The summed E-state index contributed by atoms with van der Waals surface area (Å²) in [7, 11) is 0. The third kappa shape index (κ3) is 3.65. The van der Waals surface area contributed by atoms with E-state index in [9.17, 15) is 0 Å². The molecule has 1 unspecified atom stereocenters. The average molecular weight is 339 g/mol. The molecule has 0 saturated heterocycles. The Balaban J connectivity index is 2.18. The highest BCUT2D eigenvalue weighted by atomic mass is 79.9. The van der Waals surface area contributed by atoms with Gasteiger partial charge in [-0.3, -0.25) is 0 Å². The molecule has 0 aliphatic heterocycles. The third-order valence-electron chi connectivity index (χ3n) is 3.07. The quantitative estimate of drug-likeness (QED) is 0.834. The first kappa shape index (κ1) is 14.7. The van der Waals surface area contributed by atoms with Crippen molar-refractivity contribution in [3.05, 3.63) is 39.3 Å². The Kier molecular flexibility index (Phi) is 5.13. The molecule has 1 aromatic carbocycles. The highest BCUT2D eigenvalue weighted by molar-refractivity contribution is 9.10. The number of hydrogen-bond acceptors (Lipinski definition) is 3. The number of halogens is 1. The summed E-state index contributed by atoms with van der Waals surface area (Å²) in [5, 5.41) is 6.72. The Labute approximate surface area is 127 Å². The number of nitrogens with one attached hydrogen (secondary N) is 1. The van der Waals surface area contributed by atoms with Crippen LogP contribution < -0.4 is 5.32 Å². The van der Waals surface area contributed by atoms with E-state index in [0.717, 1.165) is 28.1 Å². The molecule has 0 bridgehead atoms. The van der Waals surface area contributed by atoms with Gasteiger partial charge in [0.05, 0.1) is 5.69 Å². The molecule has 0 radical (unpaired) electrons. The zero-order valence-electron chi connectivity index (χ0n) is 11.5. The van der Waals surface area contributed by atoms with E-state index in [2.05, 4.69) is 65.6 Å². The van der Waals surface area contributed by atoms with Gasteiger partial charge in [-0.1, -0.05) is 28.9 Å². The van der Waals surface area contributed by atoms with Crippen LogP contribution in [0.3, 0.4) is 0 Å². The summed E-state index contributed by atoms with van der Waals surface area (Å²) in [6, 6.07) is 6.70. The molecule has 0 spiro atoms. The van der Waals surface area contributed by atoms with Crippen molar-refractivity contribution in [3.8, 4) is 10.6 Å². The maximum atomic E-state index is 4.74. The van der Waals surface area contributed by atoms with Gasteiger partial charge in [-0.15, -0.1) is 11.3 Å². The number of aryl methyl sites for hydroxylation is 1. The second-order valence-electron chi connectivity index (χ2n) is 4.72. The van der Waals surface area contributed by atoms with E-state index in [1.54, 1.807) is 11.3 Å². The van der Waals surface area contributed by atoms with Gasteiger partial charge in [-0.2, -0.15) is 0 Å². The normalized spacial score (nSPS) is 12.6. The van der Waals surface area contributed by atoms with Crippen LogP contribution in [-0.4, -0.2) is 11.5 Å². The second-order valence-corrected chi connectivity index (χ2v) is 6.43. The van der Waals surface area contributed by atoms with Crippen LogP contribution in [0.5, 0.6) is 0 Å². The Morgan fingerprint density at radius 2 is 2.21 bits per heavy atom. The van der Waals surface area contributed by atoms with E-state index in [-0.39, 0.29) is 0 Å².